The minimum atomic E-state index is -0.608. The Morgan fingerprint density at radius 1 is 1.26 bits per heavy atom. The summed E-state index contributed by atoms with van der Waals surface area (Å²) >= 11 is 0. The molecular formula is C18H17F2NO2. The first-order valence-corrected chi connectivity index (χ1v) is 7.46. The van der Waals surface area contributed by atoms with Crippen LogP contribution in [0.5, 0.6) is 0 Å². The van der Waals surface area contributed by atoms with E-state index in [2.05, 4.69) is 5.32 Å². The first kappa shape index (κ1) is 15.6. The molecule has 1 saturated carbocycles. The molecule has 120 valence electrons. The fourth-order valence-electron chi connectivity index (χ4n) is 2.80. The molecule has 0 radical (unpaired) electrons. The van der Waals surface area contributed by atoms with Crippen molar-refractivity contribution in [2.24, 2.45) is 5.92 Å². The Hall–Kier alpha value is -2.27. The maximum absolute atomic E-state index is 13.8. The molecule has 2 aromatic rings. The zero-order valence-corrected chi connectivity index (χ0v) is 12.6. The maximum atomic E-state index is 13.8. The van der Waals surface area contributed by atoms with Gasteiger partial charge >= 0.3 is 0 Å². The minimum absolute atomic E-state index is 0.00604. The van der Waals surface area contributed by atoms with Crippen LogP contribution < -0.4 is 5.32 Å². The zero-order chi connectivity index (χ0) is 16.6. The van der Waals surface area contributed by atoms with Crippen LogP contribution in [0.15, 0.2) is 36.4 Å². The Morgan fingerprint density at radius 3 is 2.61 bits per heavy atom. The standard InChI is InChI=1S/C18H17F2NO2/c1-10-5-6-11(9-22)7-16(10)21-18(23)13-8-12(13)17-14(19)3-2-4-15(17)20/h2-7,12-13,22H,8-9H2,1H3,(H,21,23). The number of carbonyl (C=O) groups excluding carboxylic acids is 1. The van der Waals surface area contributed by atoms with E-state index in [1.807, 2.05) is 13.0 Å². The Labute approximate surface area is 133 Å². The van der Waals surface area contributed by atoms with Gasteiger partial charge in [0.25, 0.3) is 0 Å². The molecule has 0 saturated heterocycles. The summed E-state index contributed by atoms with van der Waals surface area (Å²) in [5.41, 5.74) is 2.16. The van der Waals surface area contributed by atoms with Crippen LogP contribution in [0, 0.1) is 24.5 Å². The predicted molar refractivity (Wildman–Crippen MR) is 82.9 cm³/mol. The summed E-state index contributed by atoms with van der Waals surface area (Å²) < 4.78 is 27.5. The van der Waals surface area contributed by atoms with Crippen LogP contribution in [0.1, 0.15) is 29.0 Å². The van der Waals surface area contributed by atoms with Gasteiger partial charge in [-0.15, -0.1) is 0 Å². The van der Waals surface area contributed by atoms with Crippen LogP contribution in [0.2, 0.25) is 0 Å². The van der Waals surface area contributed by atoms with E-state index >= 15 is 0 Å². The van der Waals surface area contributed by atoms with E-state index in [4.69, 9.17) is 5.11 Å². The highest BCUT2D eigenvalue weighted by atomic mass is 19.1. The molecule has 1 aliphatic carbocycles. The van der Waals surface area contributed by atoms with Crippen molar-refractivity contribution in [3.8, 4) is 0 Å². The molecule has 3 rings (SSSR count). The van der Waals surface area contributed by atoms with Crippen LogP contribution >= 0.6 is 0 Å². The van der Waals surface area contributed by atoms with Crippen molar-refractivity contribution in [1.29, 1.82) is 0 Å². The number of hydrogen-bond donors (Lipinski definition) is 2. The normalized spacial score (nSPS) is 19.5. The number of amides is 1. The molecule has 0 aliphatic heterocycles. The summed E-state index contributed by atoms with van der Waals surface area (Å²) in [7, 11) is 0. The fourth-order valence-corrected chi connectivity index (χ4v) is 2.80. The highest BCUT2D eigenvalue weighted by molar-refractivity contribution is 5.96. The lowest BCUT2D eigenvalue weighted by molar-refractivity contribution is -0.117. The van der Waals surface area contributed by atoms with Crippen LogP contribution in [-0.4, -0.2) is 11.0 Å². The van der Waals surface area contributed by atoms with E-state index in [0.717, 1.165) is 5.56 Å². The third kappa shape index (κ3) is 3.10. The Balaban J connectivity index is 1.74. The summed E-state index contributed by atoms with van der Waals surface area (Å²) in [5, 5.41) is 12.0. The number of aryl methyl sites for hydroxylation is 1. The Morgan fingerprint density at radius 2 is 1.96 bits per heavy atom. The molecule has 1 fully saturated rings. The zero-order valence-electron chi connectivity index (χ0n) is 12.6. The molecule has 0 bridgehead atoms. The summed E-state index contributed by atoms with van der Waals surface area (Å²) in [6, 6.07) is 9.02. The van der Waals surface area contributed by atoms with Gasteiger partial charge in [-0.05, 0) is 42.7 Å². The second kappa shape index (κ2) is 6.08. The van der Waals surface area contributed by atoms with Crippen molar-refractivity contribution in [2.75, 3.05) is 5.32 Å². The first-order valence-electron chi connectivity index (χ1n) is 7.46. The number of nitrogens with one attached hydrogen (secondary N) is 1. The lowest BCUT2D eigenvalue weighted by Crippen LogP contribution is -2.16. The van der Waals surface area contributed by atoms with Crippen LogP contribution in [0.25, 0.3) is 0 Å². The SMILES string of the molecule is Cc1ccc(CO)cc1NC(=O)C1CC1c1c(F)cccc1F. The van der Waals surface area contributed by atoms with Gasteiger partial charge in [0.15, 0.2) is 0 Å². The largest absolute Gasteiger partial charge is 0.392 e. The molecule has 1 amide bonds. The third-order valence-electron chi connectivity index (χ3n) is 4.24. The highest BCUT2D eigenvalue weighted by Gasteiger charge is 2.46. The van der Waals surface area contributed by atoms with Crippen molar-refractivity contribution in [3.63, 3.8) is 0 Å². The van der Waals surface area contributed by atoms with Gasteiger partial charge in [-0.1, -0.05) is 18.2 Å². The van der Waals surface area contributed by atoms with Crippen LogP contribution in [-0.2, 0) is 11.4 Å². The number of halogens is 2. The number of anilines is 1. The molecule has 2 atom stereocenters. The lowest BCUT2D eigenvalue weighted by atomic mass is 10.1. The number of benzene rings is 2. The molecule has 23 heavy (non-hydrogen) atoms. The summed E-state index contributed by atoms with van der Waals surface area (Å²) in [6.45, 7) is 1.73. The number of aliphatic hydroxyl groups is 1. The van der Waals surface area contributed by atoms with Crippen molar-refractivity contribution >= 4 is 11.6 Å². The summed E-state index contributed by atoms with van der Waals surface area (Å²) in [5.74, 6) is -2.32. The smallest absolute Gasteiger partial charge is 0.228 e. The van der Waals surface area contributed by atoms with E-state index < -0.39 is 23.5 Å². The topological polar surface area (TPSA) is 49.3 Å². The molecule has 0 heterocycles. The number of aliphatic hydroxyl groups excluding tert-OH is 1. The van der Waals surface area contributed by atoms with Gasteiger partial charge < -0.3 is 10.4 Å². The summed E-state index contributed by atoms with van der Waals surface area (Å²) in [4.78, 5) is 12.3. The molecule has 2 N–H and O–H groups in total. The predicted octanol–water partition coefficient (Wildman–Crippen LogP) is 3.51. The van der Waals surface area contributed by atoms with E-state index in [9.17, 15) is 13.6 Å². The lowest BCUT2D eigenvalue weighted by Gasteiger charge is -2.10. The summed E-state index contributed by atoms with van der Waals surface area (Å²) in [6.07, 6.45) is 0.433. The van der Waals surface area contributed by atoms with Gasteiger partial charge in [0, 0.05) is 23.1 Å². The Bertz CT molecular complexity index is 740. The third-order valence-corrected chi connectivity index (χ3v) is 4.24. The van der Waals surface area contributed by atoms with E-state index in [0.29, 0.717) is 17.7 Å². The van der Waals surface area contributed by atoms with E-state index in [1.54, 1.807) is 12.1 Å². The molecule has 2 aromatic carbocycles. The molecule has 0 spiro atoms. The first-order chi connectivity index (χ1) is 11.0. The Kier molecular flexibility index (Phi) is 4.13. The van der Waals surface area contributed by atoms with Crippen molar-refractivity contribution in [3.05, 3.63) is 64.7 Å². The van der Waals surface area contributed by atoms with Crippen LogP contribution in [0.4, 0.5) is 14.5 Å². The van der Waals surface area contributed by atoms with Gasteiger partial charge in [-0.2, -0.15) is 0 Å². The van der Waals surface area contributed by atoms with Gasteiger partial charge in [-0.3, -0.25) is 4.79 Å². The number of hydrogen-bond acceptors (Lipinski definition) is 2. The molecule has 3 nitrogen and oxygen atoms in total. The number of carbonyl (C=O) groups is 1. The average molecular weight is 317 g/mol. The minimum Gasteiger partial charge on any atom is -0.392 e. The quantitative estimate of drug-likeness (QED) is 0.906. The van der Waals surface area contributed by atoms with E-state index in [-0.39, 0.29) is 18.1 Å². The molecule has 5 heteroatoms. The highest BCUT2D eigenvalue weighted by Crippen LogP contribution is 2.49. The van der Waals surface area contributed by atoms with Crippen molar-refractivity contribution in [2.45, 2.75) is 25.9 Å². The molecule has 2 unspecified atom stereocenters. The van der Waals surface area contributed by atoms with Gasteiger partial charge in [0.05, 0.1) is 6.61 Å². The molecular weight excluding hydrogens is 300 g/mol. The van der Waals surface area contributed by atoms with Gasteiger partial charge in [0.1, 0.15) is 11.6 Å². The van der Waals surface area contributed by atoms with E-state index in [1.165, 1.54) is 18.2 Å². The van der Waals surface area contributed by atoms with Crippen LogP contribution in [0.3, 0.4) is 0 Å². The molecule has 1 aliphatic rings. The number of rotatable bonds is 4. The van der Waals surface area contributed by atoms with Crippen molar-refractivity contribution < 1.29 is 18.7 Å². The maximum Gasteiger partial charge on any atom is 0.228 e. The molecule has 0 aromatic heterocycles. The average Bonchev–Trinajstić information content (AvgIpc) is 3.29. The fraction of sp³-hybridized carbons (Fsp3) is 0.278. The monoisotopic (exact) mass is 317 g/mol. The second-order valence-electron chi connectivity index (χ2n) is 5.88. The van der Waals surface area contributed by atoms with Crippen molar-refractivity contribution in [1.82, 2.24) is 0 Å². The second-order valence-corrected chi connectivity index (χ2v) is 5.88. The van der Waals surface area contributed by atoms with Gasteiger partial charge in [0.2, 0.25) is 5.91 Å². The van der Waals surface area contributed by atoms with Gasteiger partial charge in [-0.25, -0.2) is 8.78 Å².